The van der Waals surface area contributed by atoms with Crippen LogP contribution in [0, 0.1) is 17.8 Å². The first-order chi connectivity index (χ1) is 24.0. The van der Waals surface area contributed by atoms with Crippen LogP contribution in [0.5, 0.6) is 5.75 Å². The summed E-state index contributed by atoms with van der Waals surface area (Å²) in [6.07, 6.45) is 12.6. The van der Waals surface area contributed by atoms with Gasteiger partial charge >= 0.3 is 0 Å². The average molecular weight is 659 g/mol. The van der Waals surface area contributed by atoms with Crippen LogP contribution >= 0.6 is 0 Å². The number of nitrogens with zero attached hydrogens (tertiary/aromatic N) is 9. The number of hydrogen-bond acceptors (Lipinski definition) is 9. The van der Waals surface area contributed by atoms with E-state index in [9.17, 15) is 4.79 Å². The van der Waals surface area contributed by atoms with Gasteiger partial charge in [-0.25, -0.2) is 19.9 Å². The number of carbonyl (C=O) groups is 1. The SMILES string of the molecule is CN=Cc1nccnc1N1CC[C@H](Cn2c(-c3cc4cccnc4n3CC3CC3)nc3cc(C(=O)N4CC5CCC4[C@@H]5N)cc(OC)c32)C1. The molecule has 4 fully saturated rings. The van der Waals surface area contributed by atoms with Crippen LogP contribution < -0.4 is 15.4 Å². The summed E-state index contributed by atoms with van der Waals surface area (Å²) in [6.45, 7) is 4.05. The van der Waals surface area contributed by atoms with E-state index in [0.29, 0.717) is 29.1 Å². The van der Waals surface area contributed by atoms with Crippen molar-refractivity contribution in [3.8, 4) is 17.3 Å². The van der Waals surface area contributed by atoms with Gasteiger partial charge in [0, 0.05) is 81.4 Å². The Morgan fingerprint density at radius 1 is 1.00 bits per heavy atom. The molecule has 9 rings (SSSR count). The van der Waals surface area contributed by atoms with Gasteiger partial charge in [0.05, 0.1) is 24.5 Å². The van der Waals surface area contributed by atoms with Gasteiger partial charge in [0.1, 0.15) is 22.6 Å². The summed E-state index contributed by atoms with van der Waals surface area (Å²) in [4.78, 5) is 41.9. The summed E-state index contributed by atoms with van der Waals surface area (Å²) >= 11 is 0. The minimum Gasteiger partial charge on any atom is -0.494 e. The zero-order valence-corrected chi connectivity index (χ0v) is 28.1. The lowest BCUT2D eigenvalue weighted by Crippen LogP contribution is -2.41. The summed E-state index contributed by atoms with van der Waals surface area (Å²) in [6, 6.07) is 10.4. The molecule has 2 unspecified atom stereocenters. The van der Waals surface area contributed by atoms with Crippen LogP contribution in [-0.2, 0) is 13.1 Å². The topological polar surface area (TPSA) is 133 Å². The van der Waals surface area contributed by atoms with Crippen molar-refractivity contribution in [2.75, 3.05) is 38.7 Å². The zero-order valence-electron chi connectivity index (χ0n) is 28.1. The molecule has 6 heterocycles. The van der Waals surface area contributed by atoms with E-state index in [-0.39, 0.29) is 18.0 Å². The van der Waals surface area contributed by atoms with E-state index in [1.807, 2.05) is 29.3 Å². The number of amides is 1. The number of aliphatic imine (C=N–C) groups is 1. The summed E-state index contributed by atoms with van der Waals surface area (Å²) in [5.74, 6) is 3.73. The van der Waals surface area contributed by atoms with Gasteiger partial charge in [-0.05, 0) is 80.2 Å². The van der Waals surface area contributed by atoms with Crippen molar-refractivity contribution in [3.05, 3.63) is 60.2 Å². The van der Waals surface area contributed by atoms with E-state index < -0.39 is 0 Å². The van der Waals surface area contributed by atoms with E-state index >= 15 is 0 Å². The molecule has 252 valence electrons. The van der Waals surface area contributed by atoms with Crippen molar-refractivity contribution in [2.45, 2.75) is 57.3 Å². The number of rotatable bonds is 9. The Hall–Kier alpha value is -4.84. The van der Waals surface area contributed by atoms with E-state index in [2.05, 4.69) is 41.1 Å². The molecule has 2 saturated heterocycles. The molecule has 2 N–H and O–H groups in total. The van der Waals surface area contributed by atoms with E-state index in [0.717, 1.165) is 97.1 Å². The number of ether oxygens (including phenoxy) is 1. The lowest BCUT2D eigenvalue weighted by molar-refractivity contribution is 0.0700. The van der Waals surface area contributed by atoms with E-state index in [1.165, 1.54) is 12.8 Å². The van der Waals surface area contributed by atoms with Crippen LogP contribution in [0.2, 0.25) is 0 Å². The lowest BCUT2D eigenvalue weighted by atomic mass is 10.1. The molecule has 2 saturated carbocycles. The number of fused-ring (bicyclic) bond motifs is 4. The van der Waals surface area contributed by atoms with Crippen molar-refractivity contribution >= 4 is 40.0 Å². The van der Waals surface area contributed by atoms with Crippen molar-refractivity contribution in [1.82, 2.24) is 34.0 Å². The molecule has 12 heteroatoms. The zero-order chi connectivity index (χ0) is 33.2. The number of anilines is 1. The van der Waals surface area contributed by atoms with Gasteiger partial charge in [-0.1, -0.05) is 0 Å². The number of pyridine rings is 1. The first kappa shape index (κ1) is 30.2. The highest BCUT2D eigenvalue weighted by molar-refractivity contribution is 6.00. The number of carbonyl (C=O) groups excluding carboxylic acids is 1. The van der Waals surface area contributed by atoms with Crippen molar-refractivity contribution < 1.29 is 9.53 Å². The largest absolute Gasteiger partial charge is 0.494 e. The second-order valence-electron chi connectivity index (χ2n) is 14.3. The minimum absolute atomic E-state index is 0.00725. The van der Waals surface area contributed by atoms with Gasteiger partial charge in [0.25, 0.3) is 5.91 Å². The van der Waals surface area contributed by atoms with Crippen LogP contribution in [0.4, 0.5) is 5.82 Å². The van der Waals surface area contributed by atoms with Gasteiger partial charge in [0.15, 0.2) is 11.6 Å². The Morgan fingerprint density at radius 2 is 1.86 bits per heavy atom. The molecule has 0 spiro atoms. The predicted octanol–water partition coefficient (Wildman–Crippen LogP) is 4.40. The first-order valence-electron chi connectivity index (χ1n) is 17.6. The maximum absolute atomic E-state index is 14.0. The highest BCUT2D eigenvalue weighted by Gasteiger charge is 2.47. The first-order valence-corrected chi connectivity index (χ1v) is 17.6. The maximum Gasteiger partial charge on any atom is 0.254 e. The molecule has 4 atom stereocenters. The van der Waals surface area contributed by atoms with Crippen molar-refractivity contribution in [3.63, 3.8) is 0 Å². The molecule has 0 radical (unpaired) electrons. The Kier molecular flexibility index (Phi) is 7.37. The van der Waals surface area contributed by atoms with Crippen LogP contribution in [0.1, 0.15) is 48.2 Å². The molecule has 2 aliphatic heterocycles. The fourth-order valence-electron chi connectivity index (χ4n) is 8.58. The van der Waals surface area contributed by atoms with Gasteiger partial charge in [0.2, 0.25) is 0 Å². The highest BCUT2D eigenvalue weighted by Crippen LogP contribution is 2.41. The highest BCUT2D eigenvalue weighted by atomic mass is 16.5. The molecular formula is C37H42N10O2. The smallest absolute Gasteiger partial charge is 0.254 e. The maximum atomic E-state index is 14.0. The summed E-state index contributed by atoms with van der Waals surface area (Å²) < 4.78 is 10.8. The summed E-state index contributed by atoms with van der Waals surface area (Å²) in [5, 5.41) is 1.10. The van der Waals surface area contributed by atoms with Gasteiger partial charge in [-0.15, -0.1) is 0 Å². The number of imidazole rings is 1. The Labute approximate surface area is 285 Å². The van der Waals surface area contributed by atoms with Crippen molar-refractivity contribution in [1.29, 1.82) is 0 Å². The Morgan fingerprint density at radius 3 is 2.63 bits per heavy atom. The number of hydrogen-bond donors (Lipinski definition) is 1. The lowest BCUT2D eigenvalue weighted by Gasteiger charge is -2.27. The Balaban J connectivity index is 1.15. The summed E-state index contributed by atoms with van der Waals surface area (Å²) in [7, 11) is 3.44. The molecule has 4 aliphatic rings. The van der Waals surface area contributed by atoms with Crippen molar-refractivity contribution in [2.24, 2.45) is 28.5 Å². The minimum atomic E-state index is 0.00725. The van der Waals surface area contributed by atoms with Gasteiger partial charge < -0.3 is 29.4 Å². The molecule has 49 heavy (non-hydrogen) atoms. The third kappa shape index (κ3) is 5.15. The van der Waals surface area contributed by atoms with Gasteiger partial charge in [-0.3, -0.25) is 9.79 Å². The third-order valence-electron chi connectivity index (χ3n) is 11.2. The molecule has 2 bridgehead atoms. The van der Waals surface area contributed by atoms with Crippen LogP contribution in [-0.4, -0.2) is 92.0 Å². The normalized spacial score (nSPS) is 23.6. The molecule has 2 aliphatic carbocycles. The second-order valence-corrected chi connectivity index (χ2v) is 14.3. The fourth-order valence-corrected chi connectivity index (χ4v) is 8.58. The number of nitrogens with two attached hydrogens (primary N) is 1. The average Bonchev–Trinajstić information content (AvgIpc) is 3.43. The monoisotopic (exact) mass is 658 g/mol. The molecule has 5 aromatic rings. The molecule has 4 aromatic heterocycles. The van der Waals surface area contributed by atoms with Gasteiger partial charge in [-0.2, -0.15) is 0 Å². The number of piperidine rings is 1. The molecular weight excluding hydrogens is 616 g/mol. The Bertz CT molecular complexity index is 2100. The van der Waals surface area contributed by atoms with Crippen LogP contribution in [0.15, 0.2) is 53.9 Å². The number of benzene rings is 1. The van der Waals surface area contributed by atoms with E-state index in [4.69, 9.17) is 20.4 Å². The number of aromatic nitrogens is 6. The number of methoxy groups -OCH3 is 1. The quantitative estimate of drug-likeness (QED) is 0.231. The fraction of sp³-hybridized carbons (Fsp3) is 0.459. The molecule has 1 aromatic carbocycles. The molecule has 12 nitrogen and oxygen atoms in total. The summed E-state index contributed by atoms with van der Waals surface area (Å²) in [5.41, 5.74) is 11.6. The standard InChI is InChI=1S/C37H42N10O2/c1-39-17-28-35(42-12-11-40-28)44-13-9-23(18-44)20-47-33-27(14-26(16-31(33)49-2)37(48)46-21-25-7-8-29(46)32(25)38)43-36(47)30-15-24-4-3-10-41-34(24)45(30)19-22-5-6-22/h3-4,10-12,14-17,22-23,25,29,32H,5-9,13,18-21,38H2,1-2H3/t23-,25?,29?,32+/m0/s1. The van der Waals surface area contributed by atoms with Crippen LogP contribution in [0.25, 0.3) is 33.6 Å². The molecule has 1 amide bonds. The predicted molar refractivity (Wildman–Crippen MR) is 189 cm³/mol. The number of likely N-dealkylation sites (tertiary alicyclic amines) is 1. The van der Waals surface area contributed by atoms with E-state index in [1.54, 1.807) is 32.8 Å². The van der Waals surface area contributed by atoms with Crippen LogP contribution in [0.3, 0.4) is 0 Å². The third-order valence-corrected chi connectivity index (χ3v) is 11.2. The second kappa shape index (κ2) is 11.9.